The lowest BCUT2D eigenvalue weighted by molar-refractivity contribution is 0.0600. The molecule has 0 radical (unpaired) electrons. The summed E-state index contributed by atoms with van der Waals surface area (Å²) in [6.45, 7) is 0. The largest absolute Gasteiger partial charge is 0.494 e. The molecule has 118 valence electrons. The number of esters is 1. The smallest absolute Gasteiger partial charge is 0.337 e. The lowest BCUT2D eigenvalue weighted by Crippen LogP contribution is -2.01. The highest BCUT2D eigenvalue weighted by Crippen LogP contribution is 2.28. The Kier molecular flexibility index (Phi) is 7.50. The maximum atomic E-state index is 11.2. The number of nitrogens with zero attached hydrogens (tertiary/aromatic N) is 2. The second kappa shape index (κ2) is 9.13. The summed E-state index contributed by atoms with van der Waals surface area (Å²) in [4.78, 5) is 14.9. The first-order chi connectivity index (χ1) is 10.5. The molecule has 0 fully saturated rings. The van der Waals surface area contributed by atoms with Gasteiger partial charge < -0.3 is 9.47 Å². The van der Waals surface area contributed by atoms with E-state index in [4.69, 9.17) is 16.3 Å². The van der Waals surface area contributed by atoms with E-state index in [1.165, 1.54) is 43.8 Å². The molecule has 0 atom stereocenters. The summed E-state index contributed by atoms with van der Waals surface area (Å²) in [6.07, 6.45) is 1.67. The molecule has 2 rings (SSSR count). The van der Waals surface area contributed by atoms with E-state index in [1.54, 1.807) is 6.20 Å². The van der Waals surface area contributed by atoms with Gasteiger partial charge in [-0.3, -0.25) is 0 Å². The molecule has 7 nitrogen and oxygen atoms in total. The normalized spacial score (nSPS) is 9.23. The van der Waals surface area contributed by atoms with Crippen LogP contribution in [0.1, 0.15) is 10.4 Å². The molecule has 0 spiro atoms. The molecule has 0 aliphatic rings. The van der Waals surface area contributed by atoms with Gasteiger partial charge in [-0.1, -0.05) is 11.6 Å². The molecule has 0 bridgehead atoms. The Labute approximate surface area is 137 Å². The van der Waals surface area contributed by atoms with Crippen molar-refractivity contribution in [2.75, 3.05) is 14.2 Å². The number of hydrogen-bond donors (Lipinski definition) is 0. The van der Waals surface area contributed by atoms with E-state index in [2.05, 4.69) is 14.1 Å². The number of halogens is 1. The fourth-order valence-corrected chi connectivity index (χ4v) is 2.16. The Bertz CT molecular complexity index is 752. The second-order valence-electron chi connectivity index (χ2n) is 3.47. The van der Waals surface area contributed by atoms with E-state index in [-0.39, 0.29) is 17.0 Å². The Hall–Kier alpha value is -1.97. The maximum Gasteiger partial charge on any atom is 0.337 e. The van der Waals surface area contributed by atoms with Crippen LogP contribution in [-0.4, -0.2) is 33.6 Å². The highest BCUT2D eigenvalue weighted by molar-refractivity contribution is 7.61. The molecule has 0 amide bonds. The van der Waals surface area contributed by atoms with Gasteiger partial charge in [0.2, 0.25) is 0 Å². The van der Waals surface area contributed by atoms with Crippen molar-refractivity contribution in [2.24, 2.45) is 4.36 Å². The van der Waals surface area contributed by atoms with Crippen molar-refractivity contribution in [3.63, 3.8) is 0 Å². The molecule has 0 saturated heterocycles. The zero-order chi connectivity index (χ0) is 16.5. The predicted octanol–water partition coefficient (Wildman–Crippen LogP) is 2.97. The maximum absolute atomic E-state index is 11.2. The highest BCUT2D eigenvalue weighted by atomic mass is 35.5. The monoisotopic (exact) mass is 362 g/mol. The number of hydrogen-bond acceptors (Lipinski definition) is 8. The number of carbonyl (C=O) groups is 1. The number of aromatic nitrogens is 1. The lowest BCUT2D eigenvalue weighted by Gasteiger charge is -2.04. The van der Waals surface area contributed by atoms with Crippen LogP contribution in [-0.2, 0) is 15.2 Å². The van der Waals surface area contributed by atoms with Crippen molar-refractivity contribution < 1.29 is 22.7 Å². The first-order valence-electron chi connectivity index (χ1n) is 5.60. The summed E-state index contributed by atoms with van der Waals surface area (Å²) in [7, 11) is 0.0314. The third-order valence-corrected chi connectivity index (χ3v) is 3.44. The minimum atomic E-state index is -2.57. The molecule has 2 aromatic rings. The van der Waals surface area contributed by atoms with Gasteiger partial charge in [-0.05, 0) is 18.2 Å². The molecule has 0 N–H and O–H groups in total. The Balaban J connectivity index is 0.000000335. The van der Waals surface area contributed by atoms with Gasteiger partial charge in [0.25, 0.3) is 0 Å². The summed E-state index contributed by atoms with van der Waals surface area (Å²) in [5.74, 6) is -0.347. The summed E-state index contributed by atoms with van der Waals surface area (Å²) >= 11 is 6.79. The van der Waals surface area contributed by atoms with Crippen molar-refractivity contribution >= 4 is 45.1 Å². The van der Waals surface area contributed by atoms with E-state index in [1.807, 2.05) is 5.38 Å². The van der Waals surface area contributed by atoms with Crippen LogP contribution in [0, 0.1) is 0 Å². The van der Waals surface area contributed by atoms with Crippen LogP contribution in [0.25, 0.3) is 0 Å². The summed E-state index contributed by atoms with van der Waals surface area (Å²) in [5, 5.41) is 1.84. The van der Waals surface area contributed by atoms with Crippen molar-refractivity contribution in [1.29, 1.82) is 0 Å². The van der Waals surface area contributed by atoms with Gasteiger partial charge in [0.1, 0.15) is 11.4 Å². The third-order valence-electron chi connectivity index (χ3n) is 2.18. The Morgan fingerprint density at radius 2 is 2.09 bits per heavy atom. The van der Waals surface area contributed by atoms with Crippen LogP contribution < -0.4 is 4.74 Å². The summed E-state index contributed by atoms with van der Waals surface area (Å²) < 4.78 is 34.1. The van der Waals surface area contributed by atoms with Crippen molar-refractivity contribution in [2.45, 2.75) is 0 Å². The molecule has 0 aliphatic heterocycles. The zero-order valence-electron chi connectivity index (χ0n) is 11.5. The van der Waals surface area contributed by atoms with Gasteiger partial charge >= 0.3 is 16.5 Å². The molecule has 1 heterocycles. The minimum absolute atomic E-state index is 0.128. The van der Waals surface area contributed by atoms with Crippen molar-refractivity contribution in [1.82, 2.24) is 4.98 Å². The molecular weight excluding hydrogens is 352 g/mol. The van der Waals surface area contributed by atoms with E-state index >= 15 is 0 Å². The standard InChI is InChI=1S/C9H9NO5S.C3H2ClNS/c1-14-8-5-6(9(11)15-2)3-4-7(8)10-16(12)13;4-3-5-1-2-6-3/h3-5H,1-2H3;1-2H. The first kappa shape index (κ1) is 18.1. The number of methoxy groups -OCH3 is 2. The van der Waals surface area contributed by atoms with Crippen LogP contribution >= 0.6 is 22.9 Å². The van der Waals surface area contributed by atoms with Gasteiger partial charge in [0.05, 0.1) is 19.8 Å². The molecule has 0 aliphatic carbocycles. The van der Waals surface area contributed by atoms with E-state index in [0.717, 1.165) is 0 Å². The minimum Gasteiger partial charge on any atom is -0.494 e. The predicted molar refractivity (Wildman–Crippen MR) is 82.5 cm³/mol. The average molecular weight is 363 g/mol. The third kappa shape index (κ3) is 5.80. The van der Waals surface area contributed by atoms with Crippen LogP contribution in [0.15, 0.2) is 34.1 Å². The van der Waals surface area contributed by atoms with Gasteiger partial charge in [0, 0.05) is 11.6 Å². The summed E-state index contributed by atoms with van der Waals surface area (Å²) in [6, 6.07) is 4.12. The second-order valence-corrected chi connectivity index (χ2v) is 5.57. The summed E-state index contributed by atoms with van der Waals surface area (Å²) in [5.41, 5.74) is 0.387. The first-order valence-corrected chi connectivity index (χ1v) is 7.89. The molecule has 22 heavy (non-hydrogen) atoms. The highest BCUT2D eigenvalue weighted by Gasteiger charge is 2.10. The quantitative estimate of drug-likeness (QED) is 0.779. The Morgan fingerprint density at radius 3 is 2.50 bits per heavy atom. The number of carbonyl (C=O) groups excluding carboxylic acids is 1. The average Bonchev–Trinajstić information content (AvgIpc) is 2.98. The van der Waals surface area contributed by atoms with Gasteiger partial charge in [-0.2, -0.15) is 8.42 Å². The molecule has 0 saturated carbocycles. The van der Waals surface area contributed by atoms with Crippen molar-refractivity contribution in [3.05, 3.63) is 39.8 Å². The number of ether oxygens (including phenoxy) is 2. The van der Waals surface area contributed by atoms with Crippen LogP contribution in [0.3, 0.4) is 0 Å². The Morgan fingerprint density at radius 1 is 1.36 bits per heavy atom. The number of benzene rings is 1. The van der Waals surface area contributed by atoms with E-state index < -0.39 is 16.5 Å². The SMILES string of the molecule is COC(=O)c1ccc(N=S(=O)=O)c(OC)c1.Clc1nccs1. The van der Waals surface area contributed by atoms with Gasteiger partial charge in [-0.25, -0.2) is 9.78 Å². The topological polar surface area (TPSA) is 94.9 Å². The number of thiazole rings is 1. The van der Waals surface area contributed by atoms with Gasteiger partial charge in [-0.15, -0.1) is 15.7 Å². The van der Waals surface area contributed by atoms with E-state index in [0.29, 0.717) is 4.47 Å². The molecule has 10 heteroatoms. The fraction of sp³-hybridized carbons (Fsp3) is 0.167. The number of rotatable bonds is 3. The van der Waals surface area contributed by atoms with Crippen LogP contribution in [0.5, 0.6) is 5.75 Å². The lowest BCUT2D eigenvalue weighted by atomic mass is 10.2. The molecule has 1 aromatic carbocycles. The van der Waals surface area contributed by atoms with E-state index in [9.17, 15) is 13.2 Å². The molecule has 0 unspecified atom stereocenters. The molecule has 1 aromatic heterocycles. The zero-order valence-corrected chi connectivity index (χ0v) is 13.9. The van der Waals surface area contributed by atoms with Crippen LogP contribution in [0.2, 0.25) is 4.47 Å². The molecular formula is C12H11ClN2O5S2. The fourth-order valence-electron chi connectivity index (χ4n) is 1.28. The van der Waals surface area contributed by atoms with Gasteiger partial charge in [0.15, 0.2) is 4.47 Å². The van der Waals surface area contributed by atoms with Crippen LogP contribution in [0.4, 0.5) is 5.69 Å². The van der Waals surface area contributed by atoms with Crippen molar-refractivity contribution in [3.8, 4) is 5.75 Å².